The second-order valence-corrected chi connectivity index (χ2v) is 5.72. The summed E-state index contributed by atoms with van der Waals surface area (Å²) in [6.45, 7) is 5.62. The van der Waals surface area contributed by atoms with Crippen molar-refractivity contribution < 1.29 is 14.3 Å². The normalized spacial score (nSPS) is 11.1. The molecule has 1 heterocycles. The first kappa shape index (κ1) is 14.4. The molecule has 0 aromatic carbocycles. The summed E-state index contributed by atoms with van der Waals surface area (Å²) in [5.74, 6) is -0.859. The number of anilines is 1. The summed E-state index contributed by atoms with van der Waals surface area (Å²) >= 11 is 1.34. The Morgan fingerprint density at radius 1 is 1.50 bits per heavy atom. The summed E-state index contributed by atoms with van der Waals surface area (Å²) in [6, 6.07) is 0. The number of esters is 1. The zero-order valence-electron chi connectivity index (χ0n) is 10.9. The number of methoxy groups -OCH3 is 1. The van der Waals surface area contributed by atoms with Crippen molar-refractivity contribution in [1.29, 1.82) is 0 Å². The summed E-state index contributed by atoms with van der Waals surface area (Å²) in [7, 11) is 1.31. The molecule has 1 rings (SSSR count). The molecule has 1 aromatic rings. The van der Waals surface area contributed by atoms with Crippen LogP contribution in [0.25, 0.3) is 0 Å². The number of nitrogens with zero attached hydrogens (tertiary/aromatic N) is 1. The molecule has 0 aliphatic rings. The van der Waals surface area contributed by atoms with E-state index in [1.165, 1.54) is 18.4 Å². The van der Waals surface area contributed by atoms with Crippen molar-refractivity contribution in [2.75, 3.05) is 19.0 Å². The third-order valence-electron chi connectivity index (χ3n) is 2.52. The fraction of sp³-hybridized carbons (Fsp3) is 0.545. The van der Waals surface area contributed by atoms with Gasteiger partial charge in [-0.3, -0.25) is 4.79 Å². The molecule has 6 nitrogen and oxygen atoms in total. The van der Waals surface area contributed by atoms with E-state index in [1.54, 1.807) is 20.8 Å². The number of rotatable bonds is 5. The molecule has 3 N–H and O–H groups in total. The third kappa shape index (κ3) is 3.19. The van der Waals surface area contributed by atoms with Gasteiger partial charge in [0.05, 0.1) is 12.5 Å². The second kappa shape index (κ2) is 5.34. The van der Waals surface area contributed by atoms with Gasteiger partial charge in [-0.2, -0.15) is 0 Å². The van der Waals surface area contributed by atoms with E-state index in [0.717, 1.165) is 4.88 Å². The molecule has 0 aliphatic carbocycles. The maximum atomic E-state index is 11.4. The van der Waals surface area contributed by atoms with Gasteiger partial charge in [-0.25, -0.2) is 9.78 Å². The number of nitrogens with two attached hydrogens (primary N) is 1. The highest BCUT2D eigenvalue weighted by atomic mass is 32.1. The summed E-state index contributed by atoms with van der Waals surface area (Å²) in [4.78, 5) is 27.4. The van der Waals surface area contributed by atoms with E-state index >= 15 is 0 Å². The topological polar surface area (TPSA) is 94.3 Å². The monoisotopic (exact) mass is 271 g/mol. The lowest BCUT2D eigenvalue weighted by molar-refractivity contribution is -0.125. The van der Waals surface area contributed by atoms with Crippen molar-refractivity contribution >= 4 is 28.3 Å². The van der Waals surface area contributed by atoms with Crippen molar-refractivity contribution in [2.24, 2.45) is 11.1 Å². The first-order chi connectivity index (χ1) is 8.27. The van der Waals surface area contributed by atoms with Gasteiger partial charge in [-0.1, -0.05) is 0 Å². The number of nitrogens with one attached hydrogen (secondary N) is 1. The molecule has 0 bridgehead atoms. The van der Waals surface area contributed by atoms with Crippen LogP contribution in [-0.4, -0.2) is 30.5 Å². The molecule has 7 heteroatoms. The summed E-state index contributed by atoms with van der Waals surface area (Å²) in [6.07, 6.45) is 0. The number of aromatic nitrogens is 1. The molecular formula is C11H17N3O3S. The molecule has 0 radical (unpaired) electrons. The molecule has 0 saturated carbocycles. The summed E-state index contributed by atoms with van der Waals surface area (Å²) in [5.41, 5.74) is 4.89. The predicted octanol–water partition coefficient (Wildman–Crippen LogP) is 1.16. The van der Waals surface area contributed by atoms with Crippen LogP contribution in [0.15, 0.2) is 0 Å². The van der Waals surface area contributed by atoms with E-state index in [4.69, 9.17) is 5.73 Å². The molecule has 0 fully saturated rings. The van der Waals surface area contributed by atoms with Crippen LogP contribution in [0.1, 0.15) is 29.2 Å². The Balaban J connectivity index is 2.76. The van der Waals surface area contributed by atoms with Gasteiger partial charge in [0.2, 0.25) is 5.91 Å². The molecule has 0 unspecified atom stereocenters. The Kier molecular flexibility index (Phi) is 4.28. The SMILES string of the molecule is COC(=O)c1nc(NCC(C)(C)C(N)=O)sc1C. The average molecular weight is 271 g/mol. The Morgan fingerprint density at radius 3 is 2.61 bits per heavy atom. The van der Waals surface area contributed by atoms with Crippen LogP contribution in [0.2, 0.25) is 0 Å². The number of primary amides is 1. The Bertz CT molecular complexity index is 468. The highest BCUT2D eigenvalue weighted by molar-refractivity contribution is 7.15. The number of aryl methyl sites for hydroxylation is 1. The van der Waals surface area contributed by atoms with Gasteiger partial charge < -0.3 is 15.8 Å². The van der Waals surface area contributed by atoms with Gasteiger partial charge in [-0.05, 0) is 20.8 Å². The minimum atomic E-state index is -0.676. The van der Waals surface area contributed by atoms with Crippen LogP contribution in [0.4, 0.5) is 5.13 Å². The van der Waals surface area contributed by atoms with Gasteiger partial charge in [0.15, 0.2) is 10.8 Å². The highest BCUT2D eigenvalue weighted by Gasteiger charge is 2.25. The molecular weight excluding hydrogens is 254 g/mol. The Hall–Kier alpha value is -1.63. The highest BCUT2D eigenvalue weighted by Crippen LogP contribution is 2.24. The second-order valence-electron chi connectivity index (χ2n) is 4.52. The fourth-order valence-electron chi connectivity index (χ4n) is 1.14. The lowest BCUT2D eigenvalue weighted by atomic mass is 9.93. The van der Waals surface area contributed by atoms with E-state index in [0.29, 0.717) is 17.4 Å². The fourth-order valence-corrected chi connectivity index (χ4v) is 1.94. The molecule has 100 valence electrons. The zero-order valence-corrected chi connectivity index (χ0v) is 11.7. The van der Waals surface area contributed by atoms with E-state index in [-0.39, 0.29) is 0 Å². The third-order valence-corrected chi connectivity index (χ3v) is 3.45. The molecule has 1 aromatic heterocycles. The number of ether oxygens (including phenoxy) is 1. The molecule has 0 aliphatic heterocycles. The van der Waals surface area contributed by atoms with Crippen LogP contribution in [-0.2, 0) is 9.53 Å². The maximum absolute atomic E-state index is 11.4. The lowest BCUT2D eigenvalue weighted by Gasteiger charge is -2.20. The number of hydrogen-bond acceptors (Lipinski definition) is 6. The number of amides is 1. The van der Waals surface area contributed by atoms with Gasteiger partial charge in [-0.15, -0.1) is 11.3 Å². The molecule has 0 atom stereocenters. The van der Waals surface area contributed by atoms with Gasteiger partial charge in [0.25, 0.3) is 0 Å². The van der Waals surface area contributed by atoms with Crippen molar-refractivity contribution in [3.63, 3.8) is 0 Å². The van der Waals surface area contributed by atoms with Gasteiger partial charge in [0, 0.05) is 11.4 Å². The van der Waals surface area contributed by atoms with Crippen LogP contribution >= 0.6 is 11.3 Å². The minimum absolute atomic E-state index is 0.293. The smallest absolute Gasteiger partial charge is 0.357 e. The molecule has 0 saturated heterocycles. The van der Waals surface area contributed by atoms with Crippen LogP contribution < -0.4 is 11.1 Å². The molecule has 1 amide bonds. The van der Waals surface area contributed by atoms with Crippen LogP contribution in [0.3, 0.4) is 0 Å². The van der Waals surface area contributed by atoms with E-state index in [9.17, 15) is 9.59 Å². The molecule has 0 spiro atoms. The first-order valence-electron chi connectivity index (χ1n) is 5.37. The zero-order chi connectivity index (χ0) is 13.9. The van der Waals surface area contributed by atoms with Crippen molar-refractivity contribution in [2.45, 2.75) is 20.8 Å². The number of thiazole rings is 1. The van der Waals surface area contributed by atoms with Crippen molar-refractivity contribution in [1.82, 2.24) is 4.98 Å². The van der Waals surface area contributed by atoms with E-state index < -0.39 is 17.3 Å². The predicted molar refractivity (Wildman–Crippen MR) is 69.7 cm³/mol. The van der Waals surface area contributed by atoms with Crippen LogP contribution in [0.5, 0.6) is 0 Å². The van der Waals surface area contributed by atoms with E-state index in [2.05, 4.69) is 15.0 Å². The first-order valence-corrected chi connectivity index (χ1v) is 6.19. The minimum Gasteiger partial charge on any atom is -0.464 e. The summed E-state index contributed by atoms with van der Waals surface area (Å²) in [5, 5.41) is 3.58. The summed E-state index contributed by atoms with van der Waals surface area (Å²) < 4.78 is 4.62. The largest absolute Gasteiger partial charge is 0.464 e. The Morgan fingerprint density at radius 2 is 2.11 bits per heavy atom. The average Bonchev–Trinajstić information content (AvgIpc) is 2.67. The van der Waals surface area contributed by atoms with Crippen molar-refractivity contribution in [3.8, 4) is 0 Å². The number of carbonyl (C=O) groups excluding carboxylic acids is 2. The standard InChI is InChI=1S/C11H17N3O3S/c1-6-7(8(15)17-4)14-10(18-6)13-5-11(2,3)9(12)16/h5H2,1-4H3,(H2,12,16)(H,13,14). The molecule has 18 heavy (non-hydrogen) atoms. The quantitative estimate of drug-likeness (QED) is 0.784. The van der Waals surface area contributed by atoms with Crippen molar-refractivity contribution in [3.05, 3.63) is 10.6 Å². The lowest BCUT2D eigenvalue weighted by Crippen LogP contribution is -2.37. The Labute approximate surface area is 110 Å². The number of hydrogen-bond donors (Lipinski definition) is 2. The van der Waals surface area contributed by atoms with E-state index in [1.807, 2.05) is 0 Å². The van der Waals surface area contributed by atoms with Gasteiger partial charge in [0.1, 0.15) is 0 Å². The van der Waals surface area contributed by atoms with Crippen LogP contribution in [0, 0.1) is 12.3 Å². The maximum Gasteiger partial charge on any atom is 0.357 e. The number of carbonyl (C=O) groups is 2. The van der Waals surface area contributed by atoms with Gasteiger partial charge >= 0.3 is 5.97 Å².